The molecule has 2 aliphatic rings. The largest absolute Gasteiger partial charge is 0.361 e. The van der Waals surface area contributed by atoms with E-state index in [4.69, 9.17) is 27.3 Å². The predicted octanol–water partition coefficient (Wildman–Crippen LogP) is 3.63. The molecule has 0 radical (unpaired) electrons. The van der Waals surface area contributed by atoms with Gasteiger partial charge in [0.1, 0.15) is 28.7 Å². The summed E-state index contributed by atoms with van der Waals surface area (Å²) in [6.07, 6.45) is 4.42. The van der Waals surface area contributed by atoms with Crippen molar-refractivity contribution in [3.63, 3.8) is 0 Å². The second-order valence-corrected chi connectivity index (χ2v) is 9.94. The summed E-state index contributed by atoms with van der Waals surface area (Å²) >= 11 is 6.62. The van der Waals surface area contributed by atoms with Gasteiger partial charge in [0.2, 0.25) is 0 Å². The Hall–Kier alpha value is -3.30. The zero-order chi connectivity index (χ0) is 24.3. The van der Waals surface area contributed by atoms with E-state index in [-0.39, 0.29) is 17.2 Å². The molecule has 0 unspecified atom stereocenters. The first kappa shape index (κ1) is 22.2. The van der Waals surface area contributed by atoms with Gasteiger partial charge in [0.15, 0.2) is 5.65 Å². The molecule has 1 aliphatic heterocycles. The Morgan fingerprint density at radius 1 is 1.23 bits per heavy atom. The van der Waals surface area contributed by atoms with Gasteiger partial charge in [-0.05, 0) is 36.0 Å². The highest BCUT2D eigenvalue weighted by Gasteiger charge is 2.66. The van der Waals surface area contributed by atoms with Crippen LogP contribution < -0.4 is 15.5 Å². The van der Waals surface area contributed by atoms with Crippen LogP contribution in [0.4, 0.5) is 16.0 Å². The quantitative estimate of drug-likeness (QED) is 0.439. The summed E-state index contributed by atoms with van der Waals surface area (Å²) in [5.74, 6) is 1.93. The van der Waals surface area contributed by atoms with E-state index in [1.165, 1.54) is 6.07 Å². The number of benzene rings is 1. The third kappa shape index (κ3) is 3.29. The molecule has 4 heterocycles. The lowest BCUT2D eigenvalue weighted by Crippen LogP contribution is -2.32. The summed E-state index contributed by atoms with van der Waals surface area (Å²) in [5.41, 5.74) is 9.30. The zero-order valence-electron chi connectivity index (χ0n) is 19.5. The van der Waals surface area contributed by atoms with Gasteiger partial charge < -0.3 is 15.5 Å². The van der Waals surface area contributed by atoms with Crippen LogP contribution in [0, 0.1) is 17.7 Å². The van der Waals surface area contributed by atoms with Crippen molar-refractivity contribution in [3.05, 3.63) is 59.1 Å². The van der Waals surface area contributed by atoms with Crippen LogP contribution in [0.1, 0.15) is 12.0 Å². The van der Waals surface area contributed by atoms with Crippen LogP contribution in [0.15, 0.2) is 42.7 Å². The first-order valence-electron chi connectivity index (χ1n) is 11.7. The van der Waals surface area contributed by atoms with E-state index in [0.717, 1.165) is 36.5 Å². The van der Waals surface area contributed by atoms with E-state index in [1.807, 2.05) is 37.2 Å². The van der Waals surface area contributed by atoms with Crippen LogP contribution in [0.3, 0.4) is 0 Å². The number of aromatic amines is 1. The number of halogens is 2. The first-order valence-corrected chi connectivity index (χ1v) is 12.1. The van der Waals surface area contributed by atoms with Crippen LogP contribution in [-0.2, 0) is 5.41 Å². The summed E-state index contributed by atoms with van der Waals surface area (Å²) in [6.45, 7) is 2.02. The van der Waals surface area contributed by atoms with Crippen molar-refractivity contribution in [2.24, 2.45) is 17.6 Å². The second-order valence-electron chi connectivity index (χ2n) is 9.56. The molecule has 2 fully saturated rings. The number of hydrogen-bond acceptors (Lipinski definition) is 7. The van der Waals surface area contributed by atoms with Crippen molar-refractivity contribution in [2.45, 2.75) is 11.8 Å². The van der Waals surface area contributed by atoms with Crippen molar-refractivity contribution < 1.29 is 4.39 Å². The number of pyridine rings is 1. The number of hydrogen-bond donors (Lipinski definition) is 2. The number of nitrogens with zero attached hydrogens (tertiary/aromatic N) is 6. The van der Waals surface area contributed by atoms with Crippen LogP contribution in [0.5, 0.6) is 0 Å². The van der Waals surface area contributed by atoms with Crippen molar-refractivity contribution in [2.75, 3.05) is 43.5 Å². The monoisotopic (exact) mass is 492 g/mol. The number of rotatable bonds is 5. The number of aromatic nitrogens is 5. The van der Waals surface area contributed by atoms with Crippen molar-refractivity contribution in [3.8, 4) is 11.3 Å². The lowest BCUT2D eigenvalue weighted by molar-refractivity contribution is 0.533. The molecule has 10 heteroatoms. The molecule has 1 aliphatic carbocycles. The highest BCUT2D eigenvalue weighted by Crippen LogP contribution is 2.63. The van der Waals surface area contributed by atoms with E-state index < -0.39 is 0 Å². The Kier molecular flexibility index (Phi) is 5.16. The Bertz CT molecular complexity index is 1420. The molecular formula is C25H26ClFN8. The molecule has 0 amide bonds. The molecule has 35 heavy (non-hydrogen) atoms. The van der Waals surface area contributed by atoms with Crippen molar-refractivity contribution in [1.29, 1.82) is 0 Å². The fraction of sp³-hybridized carbons (Fsp3) is 0.360. The SMILES string of the molecule is CN(C)c1nccc(-c2n[nH]c3nc(N4CC[C@@H]5[C@H](C4)[C@@]5(CN)c4ccccc4F)cnc23)c1Cl. The number of nitrogens with two attached hydrogens (primary N) is 1. The molecule has 1 saturated carbocycles. The predicted molar refractivity (Wildman–Crippen MR) is 135 cm³/mol. The number of piperidine rings is 1. The van der Waals surface area contributed by atoms with Gasteiger partial charge in [-0.25, -0.2) is 19.3 Å². The Balaban J connectivity index is 1.29. The van der Waals surface area contributed by atoms with Crippen LogP contribution in [0.2, 0.25) is 5.02 Å². The van der Waals surface area contributed by atoms with Crippen molar-refractivity contribution >= 4 is 34.4 Å². The Labute approximate surface area is 207 Å². The molecule has 1 aromatic carbocycles. The highest BCUT2D eigenvalue weighted by molar-refractivity contribution is 6.35. The highest BCUT2D eigenvalue weighted by atomic mass is 35.5. The minimum absolute atomic E-state index is 0.169. The fourth-order valence-corrected chi connectivity index (χ4v) is 6.27. The van der Waals surface area contributed by atoms with Crippen LogP contribution >= 0.6 is 11.6 Å². The maximum Gasteiger partial charge on any atom is 0.177 e. The van der Waals surface area contributed by atoms with E-state index in [2.05, 4.69) is 20.1 Å². The lowest BCUT2D eigenvalue weighted by Gasteiger charge is -2.26. The molecular weight excluding hydrogens is 467 g/mol. The number of H-pyrrole nitrogens is 1. The van der Waals surface area contributed by atoms with E-state index >= 15 is 0 Å². The molecule has 1 saturated heterocycles. The third-order valence-electron chi connectivity index (χ3n) is 7.67. The number of nitrogens with one attached hydrogen (secondary N) is 1. The second kappa shape index (κ2) is 8.13. The van der Waals surface area contributed by atoms with E-state index in [0.29, 0.717) is 40.2 Å². The fourth-order valence-electron chi connectivity index (χ4n) is 5.90. The Morgan fingerprint density at radius 3 is 2.83 bits per heavy atom. The molecule has 6 rings (SSSR count). The smallest absolute Gasteiger partial charge is 0.177 e. The summed E-state index contributed by atoms with van der Waals surface area (Å²) in [7, 11) is 3.78. The summed E-state index contributed by atoms with van der Waals surface area (Å²) < 4.78 is 14.7. The van der Waals surface area contributed by atoms with E-state index in [9.17, 15) is 4.39 Å². The molecule has 180 valence electrons. The number of fused-ring (bicyclic) bond motifs is 2. The van der Waals surface area contributed by atoms with Gasteiger partial charge in [-0.2, -0.15) is 5.10 Å². The molecule has 4 aromatic rings. The van der Waals surface area contributed by atoms with Gasteiger partial charge in [-0.3, -0.25) is 5.10 Å². The van der Waals surface area contributed by atoms with E-state index in [1.54, 1.807) is 18.5 Å². The van der Waals surface area contributed by atoms with Gasteiger partial charge in [0.05, 0.1) is 11.2 Å². The van der Waals surface area contributed by atoms with Gasteiger partial charge in [-0.1, -0.05) is 29.8 Å². The molecule has 8 nitrogen and oxygen atoms in total. The number of anilines is 2. The Morgan fingerprint density at radius 2 is 2.06 bits per heavy atom. The normalized spacial score (nSPS) is 23.4. The van der Waals surface area contributed by atoms with Gasteiger partial charge in [0, 0.05) is 50.9 Å². The minimum atomic E-state index is -0.305. The van der Waals surface area contributed by atoms with Crippen LogP contribution in [-0.4, -0.2) is 58.9 Å². The average molecular weight is 493 g/mol. The minimum Gasteiger partial charge on any atom is -0.361 e. The average Bonchev–Trinajstić information content (AvgIpc) is 3.33. The molecule has 3 atom stereocenters. The molecule has 3 N–H and O–H groups in total. The van der Waals surface area contributed by atoms with Gasteiger partial charge >= 0.3 is 0 Å². The maximum atomic E-state index is 14.7. The first-order chi connectivity index (χ1) is 17.0. The van der Waals surface area contributed by atoms with Gasteiger partial charge in [-0.15, -0.1) is 0 Å². The summed E-state index contributed by atoms with van der Waals surface area (Å²) in [5, 5.41) is 7.99. The van der Waals surface area contributed by atoms with Gasteiger partial charge in [0.25, 0.3) is 0 Å². The topological polar surface area (TPSA) is 99.9 Å². The van der Waals surface area contributed by atoms with Crippen molar-refractivity contribution in [1.82, 2.24) is 25.1 Å². The standard InChI is InChI=1S/C25H26ClFN8/c1-34(2)24-20(26)14(7-9-29-24)21-22-23(33-32-21)31-19(11-30-22)35-10-8-15-17(12-35)25(15,13-28)16-5-3-4-6-18(16)27/h3-7,9,11,15,17H,8,10,12-13,28H2,1-2H3,(H,31,32,33)/t15-,17+,25-/m1/s1. The summed E-state index contributed by atoms with van der Waals surface area (Å²) in [4.78, 5) is 17.9. The summed E-state index contributed by atoms with van der Waals surface area (Å²) in [6, 6.07) is 8.86. The third-order valence-corrected chi connectivity index (χ3v) is 8.04. The molecule has 3 aromatic heterocycles. The molecule has 0 spiro atoms. The maximum absolute atomic E-state index is 14.7. The lowest BCUT2D eigenvalue weighted by atomic mass is 9.91. The zero-order valence-corrected chi connectivity index (χ0v) is 20.3. The van der Waals surface area contributed by atoms with Crippen LogP contribution in [0.25, 0.3) is 22.4 Å². The molecule has 0 bridgehead atoms.